The van der Waals surface area contributed by atoms with E-state index in [1.165, 1.54) is 18.9 Å². The third-order valence-corrected chi connectivity index (χ3v) is 3.56. The third kappa shape index (κ3) is 4.49. The van der Waals surface area contributed by atoms with E-state index in [0.29, 0.717) is 6.42 Å². The minimum Gasteiger partial charge on any atom is -0.468 e. The topological polar surface area (TPSA) is 50.1 Å². The second-order valence-electron chi connectivity index (χ2n) is 3.45. The van der Waals surface area contributed by atoms with Gasteiger partial charge in [-0.1, -0.05) is 30.3 Å². The summed E-state index contributed by atoms with van der Waals surface area (Å²) in [5.41, 5.74) is 0.946. The summed E-state index contributed by atoms with van der Waals surface area (Å²) in [5, 5.41) is 8.16. The summed E-state index contributed by atoms with van der Waals surface area (Å²) in [6.45, 7) is 0. The average Bonchev–Trinajstić information content (AvgIpc) is 2.39. The fraction of sp³-hybridized carbons (Fsp3) is 0.385. The number of rotatable bonds is 6. The Balaban J connectivity index is 2.62. The molecule has 0 aromatic heterocycles. The van der Waals surface area contributed by atoms with Crippen LogP contribution in [0.3, 0.4) is 0 Å². The van der Waals surface area contributed by atoms with E-state index < -0.39 is 0 Å². The Hall–Kier alpha value is -1.47. The lowest BCUT2D eigenvalue weighted by molar-refractivity contribution is -0.140. The number of benzene rings is 1. The molecule has 1 aromatic rings. The van der Waals surface area contributed by atoms with Crippen LogP contribution in [0.1, 0.15) is 23.7 Å². The Bertz CT molecular complexity index is 386. The van der Waals surface area contributed by atoms with Crippen LogP contribution in [0.5, 0.6) is 0 Å². The van der Waals surface area contributed by atoms with E-state index in [-0.39, 0.29) is 11.2 Å². The third-order valence-electron chi connectivity index (χ3n) is 2.24. The monoisotopic (exact) mass is 249 g/mol. The van der Waals surface area contributed by atoms with Gasteiger partial charge < -0.3 is 4.74 Å². The number of esters is 1. The minimum absolute atomic E-state index is 0.238. The zero-order chi connectivity index (χ0) is 12.5. The molecule has 1 unspecified atom stereocenters. The van der Waals surface area contributed by atoms with Crippen LogP contribution in [0.2, 0.25) is 0 Å². The summed E-state index contributed by atoms with van der Waals surface area (Å²) in [7, 11) is 1.40. The van der Waals surface area contributed by atoms with E-state index in [4.69, 9.17) is 10.00 Å². The van der Waals surface area contributed by atoms with Gasteiger partial charge in [0, 0.05) is 6.42 Å². The van der Waals surface area contributed by atoms with Crippen molar-refractivity contribution in [1.82, 2.24) is 0 Å². The van der Waals surface area contributed by atoms with E-state index in [9.17, 15) is 4.79 Å². The highest BCUT2D eigenvalue weighted by Crippen LogP contribution is 2.30. The normalized spacial score (nSPS) is 11.5. The number of unbranched alkanes of at least 4 members (excludes halogenated alkanes) is 1. The summed E-state index contributed by atoms with van der Waals surface area (Å²) >= 11 is 1.52. The molecule has 0 aliphatic carbocycles. The van der Waals surface area contributed by atoms with Crippen LogP contribution < -0.4 is 0 Å². The van der Waals surface area contributed by atoms with Gasteiger partial charge in [0.1, 0.15) is 5.25 Å². The van der Waals surface area contributed by atoms with E-state index >= 15 is 0 Å². The number of carbonyl (C=O) groups excluding carboxylic acids is 1. The molecular formula is C13H15NO2S. The number of carbonyl (C=O) groups is 1. The van der Waals surface area contributed by atoms with E-state index in [2.05, 4.69) is 6.07 Å². The molecule has 0 heterocycles. The molecule has 1 rings (SSSR count). The zero-order valence-electron chi connectivity index (χ0n) is 9.76. The second-order valence-corrected chi connectivity index (χ2v) is 4.66. The van der Waals surface area contributed by atoms with Crippen LogP contribution in [0.4, 0.5) is 0 Å². The first kappa shape index (κ1) is 13.6. The van der Waals surface area contributed by atoms with Crippen molar-refractivity contribution in [3.8, 4) is 6.07 Å². The van der Waals surface area contributed by atoms with Gasteiger partial charge in [-0.15, -0.1) is 11.8 Å². The van der Waals surface area contributed by atoms with Gasteiger partial charge in [0.2, 0.25) is 0 Å². The van der Waals surface area contributed by atoms with Crippen LogP contribution in [0.15, 0.2) is 30.3 Å². The lowest BCUT2D eigenvalue weighted by Crippen LogP contribution is -2.11. The Labute approximate surface area is 106 Å². The molecule has 0 fully saturated rings. The first-order valence-corrected chi connectivity index (χ1v) is 6.45. The van der Waals surface area contributed by atoms with Crippen molar-refractivity contribution in [2.24, 2.45) is 0 Å². The van der Waals surface area contributed by atoms with Crippen LogP contribution in [0.25, 0.3) is 0 Å². The maximum atomic E-state index is 11.7. The first-order chi connectivity index (χ1) is 8.29. The molecule has 0 spiro atoms. The number of hydrogen-bond donors (Lipinski definition) is 0. The Morgan fingerprint density at radius 1 is 1.47 bits per heavy atom. The number of nitriles is 1. The largest absolute Gasteiger partial charge is 0.468 e. The molecule has 0 aliphatic rings. The predicted octanol–water partition coefficient (Wildman–Crippen LogP) is 2.94. The zero-order valence-corrected chi connectivity index (χ0v) is 10.6. The van der Waals surface area contributed by atoms with Crippen LogP contribution in [-0.2, 0) is 9.53 Å². The van der Waals surface area contributed by atoms with Crippen LogP contribution in [-0.4, -0.2) is 18.8 Å². The minimum atomic E-state index is -0.292. The summed E-state index contributed by atoms with van der Waals surface area (Å²) < 4.78 is 4.80. The van der Waals surface area contributed by atoms with Gasteiger partial charge in [-0.2, -0.15) is 5.26 Å². The van der Waals surface area contributed by atoms with E-state index in [0.717, 1.165) is 17.7 Å². The average molecular weight is 249 g/mol. The molecular weight excluding hydrogens is 234 g/mol. The molecule has 90 valence electrons. The number of thioether (sulfide) groups is 1. The molecule has 0 radical (unpaired) electrons. The molecule has 17 heavy (non-hydrogen) atoms. The SMILES string of the molecule is COC(=O)C(SCCCC#N)c1ccccc1. The number of hydrogen-bond acceptors (Lipinski definition) is 4. The van der Waals surface area contributed by atoms with Gasteiger partial charge in [-0.3, -0.25) is 4.79 Å². The van der Waals surface area contributed by atoms with Crippen LogP contribution in [0, 0.1) is 11.3 Å². The van der Waals surface area contributed by atoms with Gasteiger partial charge in [0.15, 0.2) is 0 Å². The summed E-state index contributed by atoms with van der Waals surface area (Å²) in [5.74, 6) is 0.542. The predicted molar refractivity (Wildman–Crippen MR) is 68.5 cm³/mol. The smallest absolute Gasteiger partial charge is 0.323 e. The van der Waals surface area contributed by atoms with E-state index in [1.54, 1.807) is 0 Å². The summed E-state index contributed by atoms with van der Waals surface area (Å²) in [6.07, 6.45) is 1.32. The van der Waals surface area contributed by atoms with Gasteiger partial charge in [-0.25, -0.2) is 0 Å². The number of nitrogens with zero attached hydrogens (tertiary/aromatic N) is 1. The lowest BCUT2D eigenvalue weighted by Gasteiger charge is -2.14. The van der Waals surface area contributed by atoms with Crippen molar-refractivity contribution in [3.63, 3.8) is 0 Å². The second kappa shape index (κ2) is 7.75. The quantitative estimate of drug-likeness (QED) is 0.574. The maximum Gasteiger partial charge on any atom is 0.323 e. The van der Waals surface area contributed by atoms with Crippen molar-refractivity contribution >= 4 is 17.7 Å². The highest BCUT2D eigenvalue weighted by molar-refractivity contribution is 8.00. The number of ether oxygens (including phenoxy) is 1. The fourth-order valence-corrected chi connectivity index (χ4v) is 2.52. The van der Waals surface area contributed by atoms with Crippen molar-refractivity contribution in [1.29, 1.82) is 5.26 Å². The van der Waals surface area contributed by atoms with Crippen molar-refractivity contribution in [2.75, 3.05) is 12.9 Å². The van der Waals surface area contributed by atoms with E-state index in [1.807, 2.05) is 30.3 Å². The van der Waals surface area contributed by atoms with Gasteiger partial charge >= 0.3 is 5.97 Å². The van der Waals surface area contributed by atoms with Crippen molar-refractivity contribution in [2.45, 2.75) is 18.1 Å². The van der Waals surface area contributed by atoms with Gasteiger partial charge in [0.25, 0.3) is 0 Å². The number of methoxy groups -OCH3 is 1. The highest BCUT2D eigenvalue weighted by Gasteiger charge is 2.21. The molecule has 0 aliphatic heterocycles. The molecule has 0 bridgehead atoms. The van der Waals surface area contributed by atoms with Gasteiger partial charge in [-0.05, 0) is 17.7 Å². The molecule has 1 atom stereocenters. The molecule has 3 nitrogen and oxygen atoms in total. The molecule has 0 saturated carbocycles. The molecule has 0 N–H and O–H groups in total. The molecule has 0 saturated heterocycles. The Morgan fingerprint density at radius 2 is 2.18 bits per heavy atom. The molecule has 0 amide bonds. The lowest BCUT2D eigenvalue weighted by atomic mass is 10.1. The maximum absolute atomic E-state index is 11.7. The Kier molecular flexibility index (Phi) is 6.19. The standard InChI is InChI=1S/C13H15NO2S/c1-16-13(15)12(17-10-6-5-9-14)11-7-3-2-4-8-11/h2-4,7-8,12H,5-6,10H2,1H3. The summed E-state index contributed by atoms with van der Waals surface area (Å²) in [6, 6.07) is 11.6. The van der Waals surface area contributed by atoms with Gasteiger partial charge in [0.05, 0.1) is 13.2 Å². The van der Waals surface area contributed by atoms with Crippen molar-refractivity contribution in [3.05, 3.63) is 35.9 Å². The fourth-order valence-electron chi connectivity index (χ4n) is 1.39. The van der Waals surface area contributed by atoms with Crippen LogP contribution >= 0.6 is 11.8 Å². The first-order valence-electron chi connectivity index (χ1n) is 5.41. The molecule has 4 heteroatoms. The molecule has 1 aromatic carbocycles. The van der Waals surface area contributed by atoms with Crippen molar-refractivity contribution < 1.29 is 9.53 Å². The summed E-state index contributed by atoms with van der Waals surface area (Å²) in [4.78, 5) is 11.7. The Morgan fingerprint density at radius 3 is 2.76 bits per heavy atom. The highest BCUT2D eigenvalue weighted by atomic mass is 32.2.